The van der Waals surface area contributed by atoms with Crippen molar-refractivity contribution < 1.29 is 14.8 Å². The van der Waals surface area contributed by atoms with Crippen LogP contribution in [0, 0.1) is 16.0 Å². The zero-order valence-corrected chi connectivity index (χ0v) is 14.3. The van der Waals surface area contributed by atoms with E-state index >= 15 is 0 Å². The molecule has 0 fully saturated rings. The molecule has 0 radical (unpaired) electrons. The fraction of sp³-hybridized carbons (Fsp3) is 0.316. The molecule has 0 aliphatic rings. The molecule has 0 bridgehead atoms. The predicted molar refractivity (Wildman–Crippen MR) is 96.9 cm³/mol. The van der Waals surface area contributed by atoms with Gasteiger partial charge >= 0.3 is 0 Å². The molecule has 2 aromatic rings. The Hall–Kier alpha value is -2.73. The Balaban J connectivity index is 2.31. The number of nitro benzene ring substituents is 1. The van der Waals surface area contributed by atoms with Gasteiger partial charge in [0.15, 0.2) is 5.78 Å². The monoisotopic (exact) mass is 342 g/mol. The van der Waals surface area contributed by atoms with Gasteiger partial charge in [-0.15, -0.1) is 0 Å². The van der Waals surface area contributed by atoms with E-state index in [0.29, 0.717) is 23.6 Å². The zero-order valence-electron chi connectivity index (χ0n) is 14.3. The minimum Gasteiger partial charge on any atom is -0.394 e. The van der Waals surface area contributed by atoms with E-state index in [2.05, 4.69) is 5.32 Å². The number of hydrogen-bond acceptors (Lipinski definition) is 5. The van der Waals surface area contributed by atoms with E-state index in [-0.39, 0.29) is 29.7 Å². The van der Waals surface area contributed by atoms with E-state index in [1.165, 1.54) is 12.1 Å². The van der Waals surface area contributed by atoms with Crippen LogP contribution in [0.2, 0.25) is 0 Å². The second-order valence-electron chi connectivity index (χ2n) is 6.34. The Kier molecular flexibility index (Phi) is 6.25. The van der Waals surface area contributed by atoms with Crippen LogP contribution >= 0.6 is 0 Å². The number of ketones is 1. The number of benzene rings is 2. The summed E-state index contributed by atoms with van der Waals surface area (Å²) in [5.41, 5.74) is 0.858. The zero-order chi connectivity index (χ0) is 18.4. The summed E-state index contributed by atoms with van der Waals surface area (Å²) in [4.78, 5) is 23.4. The van der Waals surface area contributed by atoms with Crippen LogP contribution in [0.5, 0.6) is 0 Å². The Morgan fingerprint density at radius 1 is 1.16 bits per heavy atom. The van der Waals surface area contributed by atoms with E-state index < -0.39 is 4.92 Å². The van der Waals surface area contributed by atoms with Crippen LogP contribution in [-0.4, -0.2) is 28.5 Å². The van der Waals surface area contributed by atoms with Crippen molar-refractivity contribution in [2.45, 2.75) is 26.3 Å². The minimum atomic E-state index is -0.520. The molecule has 0 saturated carbocycles. The summed E-state index contributed by atoms with van der Waals surface area (Å²) < 4.78 is 0. The highest BCUT2D eigenvalue weighted by Gasteiger charge is 2.20. The van der Waals surface area contributed by atoms with E-state index in [0.717, 1.165) is 0 Å². The molecule has 0 amide bonds. The van der Waals surface area contributed by atoms with Gasteiger partial charge in [-0.1, -0.05) is 44.2 Å². The van der Waals surface area contributed by atoms with Crippen LogP contribution in [0.15, 0.2) is 48.5 Å². The largest absolute Gasteiger partial charge is 0.394 e. The third kappa shape index (κ3) is 4.87. The normalized spacial score (nSPS) is 12.0. The molecule has 2 rings (SSSR count). The summed E-state index contributed by atoms with van der Waals surface area (Å²) in [6, 6.07) is 12.7. The van der Waals surface area contributed by atoms with E-state index in [4.69, 9.17) is 0 Å². The number of anilines is 1. The van der Waals surface area contributed by atoms with Crippen LogP contribution < -0.4 is 5.32 Å². The van der Waals surface area contributed by atoms with Gasteiger partial charge in [0.2, 0.25) is 0 Å². The minimum absolute atomic E-state index is 0.125. The SMILES string of the molecule is CC(C)CC(CO)Nc1ccc(C(=O)c2ccccc2)cc1[N+](=O)[O-]. The van der Waals surface area contributed by atoms with Crippen molar-refractivity contribution in [1.29, 1.82) is 0 Å². The van der Waals surface area contributed by atoms with Gasteiger partial charge in [-0.3, -0.25) is 14.9 Å². The molecule has 25 heavy (non-hydrogen) atoms. The van der Waals surface area contributed by atoms with Gasteiger partial charge in [0, 0.05) is 23.2 Å². The van der Waals surface area contributed by atoms with E-state index in [9.17, 15) is 20.0 Å². The summed E-state index contributed by atoms with van der Waals surface area (Å²) in [5, 5.41) is 23.9. The molecular formula is C19H22N2O4. The number of carbonyl (C=O) groups excluding carboxylic acids is 1. The first-order chi connectivity index (χ1) is 11.9. The quantitative estimate of drug-likeness (QED) is 0.434. The Labute approximate surface area is 146 Å². The molecule has 0 saturated heterocycles. The van der Waals surface area contributed by atoms with Gasteiger partial charge in [-0.2, -0.15) is 0 Å². The molecule has 1 unspecified atom stereocenters. The smallest absolute Gasteiger partial charge is 0.293 e. The Morgan fingerprint density at radius 3 is 2.40 bits per heavy atom. The summed E-state index contributed by atoms with van der Waals surface area (Å²) >= 11 is 0. The van der Waals surface area contributed by atoms with Crippen molar-refractivity contribution in [3.05, 3.63) is 69.8 Å². The number of nitrogens with zero attached hydrogens (tertiary/aromatic N) is 1. The molecule has 0 aliphatic carbocycles. The molecule has 1 atom stereocenters. The molecule has 2 N–H and O–H groups in total. The topological polar surface area (TPSA) is 92.5 Å². The van der Waals surface area contributed by atoms with Gasteiger partial charge in [-0.05, 0) is 24.5 Å². The van der Waals surface area contributed by atoms with Crippen LogP contribution in [-0.2, 0) is 0 Å². The van der Waals surface area contributed by atoms with Crippen molar-refractivity contribution in [3.8, 4) is 0 Å². The van der Waals surface area contributed by atoms with Crippen molar-refractivity contribution >= 4 is 17.2 Å². The first-order valence-corrected chi connectivity index (χ1v) is 8.18. The molecule has 0 heterocycles. The predicted octanol–water partition coefficient (Wildman–Crippen LogP) is 3.64. The summed E-state index contributed by atoms with van der Waals surface area (Å²) in [6.45, 7) is 3.90. The maximum atomic E-state index is 12.5. The van der Waals surface area contributed by atoms with Crippen LogP contribution in [0.3, 0.4) is 0 Å². The van der Waals surface area contributed by atoms with E-state index in [1.54, 1.807) is 36.4 Å². The second-order valence-corrected chi connectivity index (χ2v) is 6.34. The highest BCUT2D eigenvalue weighted by Crippen LogP contribution is 2.28. The summed E-state index contributed by atoms with van der Waals surface area (Å²) in [7, 11) is 0. The van der Waals surface area contributed by atoms with Crippen LogP contribution in [0.1, 0.15) is 36.2 Å². The third-order valence-corrected chi connectivity index (χ3v) is 3.83. The molecule has 0 aromatic heterocycles. The van der Waals surface area contributed by atoms with Crippen LogP contribution in [0.4, 0.5) is 11.4 Å². The lowest BCUT2D eigenvalue weighted by atomic mass is 10.0. The molecule has 132 valence electrons. The average Bonchev–Trinajstić information content (AvgIpc) is 2.61. The number of nitrogens with one attached hydrogen (secondary N) is 1. The molecule has 2 aromatic carbocycles. The maximum absolute atomic E-state index is 12.5. The molecule has 6 heteroatoms. The number of nitro groups is 1. The number of aliphatic hydroxyl groups excluding tert-OH is 1. The van der Waals surface area contributed by atoms with Crippen molar-refractivity contribution in [2.75, 3.05) is 11.9 Å². The fourth-order valence-electron chi connectivity index (χ4n) is 2.67. The first-order valence-electron chi connectivity index (χ1n) is 8.18. The number of aliphatic hydroxyl groups is 1. The maximum Gasteiger partial charge on any atom is 0.293 e. The average molecular weight is 342 g/mol. The van der Waals surface area contributed by atoms with Gasteiger partial charge in [0.1, 0.15) is 5.69 Å². The van der Waals surface area contributed by atoms with Gasteiger partial charge < -0.3 is 10.4 Å². The Bertz CT molecular complexity index is 744. The highest BCUT2D eigenvalue weighted by atomic mass is 16.6. The fourth-order valence-corrected chi connectivity index (χ4v) is 2.67. The standard InChI is InChI=1S/C19H22N2O4/c1-13(2)10-16(12-22)20-17-9-8-15(11-18(17)21(24)25)19(23)14-6-4-3-5-7-14/h3-9,11,13,16,20,22H,10,12H2,1-2H3. The first kappa shape index (κ1) is 18.6. The van der Waals surface area contributed by atoms with E-state index in [1.807, 2.05) is 13.8 Å². The summed E-state index contributed by atoms with van der Waals surface area (Å²) in [6.07, 6.45) is 0.679. The summed E-state index contributed by atoms with van der Waals surface area (Å²) in [5.74, 6) is 0.0683. The Morgan fingerprint density at radius 2 is 1.84 bits per heavy atom. The number of carbonyl (C=O) groups is 1. The van der Waals surface area contributed by atoms with Crippen molar-refractivity contribution in [3.63, 3.8) is 0 Å². The van der Waals surface area contributed by atoms with Gasteiger partial charge in [-0.25, -0.2) is 0 Å². The lowest BCUT2D eigenvalue weighted by Gasteiger charge is -2.19. The third-order valence-electron chi connectivity index (χ3n) is 3.83. The van der Waals surface area contributed by atoms with Gasteiger partial charge in [0.05, 0.1) is 11.5 Å². The van der Waals surface area contributed by atoms with Crippen molar-refractivity contribution in [2.24, 2.45) is 5.92 Å². The highest BCUT2D eigenvalue weighted by molar-refractivity contribution is 6.09. The lowest BCUT2D eigenvalue weighted by Crippen LogP contribution is -2.26. The van der Waals surface area contributed by atoms with Crippen LogP contribution in [0.25, 0.3) is 0 Å². The molecule has 0 aliphatic heterocycles. The van der Waals surface area contributed by atoms with Crippen molar-refractivity contribution in [1.82, 2.24) is 0 Å². The molecular weight excluding hydrogens is 320 g/mol. The number of rotatable bonds is 8. The second kappa shape index (κ2) is 8.39. The molecule has 6 nitrogen and oxygen atoms in total. The number of hydrogen-bond donors (Lipinski definition) is 2. The lowest BCUT2D eigenvalue weighted by molar-refractivity contribution is -0.384. The molecule has 0 spiro atoms. The van der Waals surface area contributed by atoms with Gasteiger partial charge in [0.25, 0.3) is 5.69 Å².